The molecule has 0 saturated carbocycles. The van der Waals surface area contributed by atoms with Crippen LogP contribution >= 0.6 is 0 Å². The molecule has 1 amide bonds. The van der Waals surface area contributed by atoms with Crippen LogP contribution in [0.5, 0.6) is 17.4 Å². The molecular formula is C22H22N2O4. The number of ether oxygens (including phenoxy) is 3. The normalized spacial score (nSPS) is 10.2. The monoisotopic (exact) mass is 378 g/mol. The molecule has 0 atom stereocenters. The van der Waals surface area contributed by atoms with Gasteiger partial charge in [0.2, 0.25) is 5.88 Å². The third kappa shape index (κ3) is 5.23. The number of rotatable bonds is 8. The lowest BCUT2D eigenvalue weighted by Gasteiger charge is -2.10. The number of amides is 1. The summed E-state index contributed by atoms with van der Waals surface area (Å²) in [4.78, 5) is 16.7. The number of aromatic nitrogens is 1. The Hall–Kier alpha value is -3.54. The number of nitrogens with zero attached hydrogens (tertiary/aromatic N) is 1. The Balaban J connectivity index is 1.61. The van der Waals surface area contributed by atoms with Gasteiger partial charge in [-0.1, -0.05) is 30.3 Å². The topological polar surface area (TPSA) is 69.7 Å². The third-order valence-corrected chi connectivity index (χ3v) is 4.09. The van der Waals surface area contributed by atoms with Crippen molar-refractivity contribution >= 4 is 5.91 Å². The highest BCUT2D eigenvalue weighted by atomic mass is 16.5. The fraction of sp³-hybridized carbons (Fsp3) is 0.182. The van der Waals surface area contributed by atoms with E-state index in [9.17, 15) is 4.79 Å². The maximum atomic E-state index is 12.5. The molecule has 0 spiro atoms. The summed E-state index contributed by atoms with van der Waals surface area (Å²) >= 11 is 0. The highest BCUT2D eigenvalue weighted by molar-refractivity contribution is 5.94. The van der Waals surface area contributed by atoms with E-state index in [0.29, 0.717) is 36.1 Å². The minimum absolute atomic E-state index is 0.214. The van der Waals surface area contributed by atoms with Crippen LogP contribution in [0.1, 0.15) is 21.5 Å². The zero-order valence-electron chi connectivity index (χ0n) is 15.8. The molecule has 3 rings (SSSR count). The van der Waals surface area contributed by atoms with Crippen LogP contribution in [0.2, 0.25) is 0 Å². The molecule has 0 unspecified atom stereocenters. The smallest absolute Gasteiger partial charge is 0.251 e. The molecule has 1 heterocycles. The number of pyridine rings is 1. The number of nitrogens with one attached hydrogen (secondary N) is 1. The summed E-state index contributed by atoms with van der Waals surface area (Å²) in [5, 5.41) is 2.89. The maximum Gasteiger partial charge on any atom is 0.251 e. The molecule has 3 aromatic rings. The van der Waals surface area contributed by atoms with Gasteiger partial charge in [0.15, 0.2) is 0 Å². The standard InChI is InChI=1S/C22H22N2O4/c1-26-19-10-17(11-20(13-19)27-2)14-24-22(25)18-8-9-23-21(12-18)28-15-16-6-4-3-5-7-16/h3-13H,14-15H2,1-2H3,(H,24,25). The van der Waals surface area contributed by atoms with Gasteiger partial charge in [0.1, 0.15) is 18.1 Å². The van der Waals surface area contributed by atoms with Gasteiger partial charge in [-0.3, -0.25) is 4.79 Å². The van der Waals surface area contributed by atoms with Gasteiger partial charge in [-0.25, -0.2) is 4.98 Å². The van der Waals surface area contributed by atoms with E-state index in [1.54, 1.807) is 38.6 Å². The molecule has 144 valence electrons. The molecule has 0 bridgehead atoms. The first-order valence-electron chi connectivity index (χ1n) is 8.81. The number of carbonyl (C=O) groups excluding carboxylic acids is 1. The molecule has 0 fully saturated rings. The van der Waals surface area contributed by atoms with Crippen LogP contribution in [0, 0.1) is 0 Å². The zero-order valence-corrected chi connectivity index (χ0v) is 15.8. The molecule has 0 aliphatic carbocycles. The quantitative estimate of drug-likeness (QED) is 0.648. The Morgan fingerprint density at radius 3 is 2.32 bits per heavy atom. The third-order valence-electron chi connectivity index (χ3n) is 4.09. The predicted octanol–water partition coefficient (Wildman–Crippen LogP) is 3.61. The fourth-order valence-electron chi connectivity index (χ4n) is 2.61. The second-order valence-electron chi connectivity index (χ2n) is 6.06. The Morgan fingerprint density at radius 1 is 0.929 bits per heavy atom. The molecule has 6 heteroatoms. The van der Waals surface area contributed by atoms with E-state index in [1.807, 2.05) is 42.5 Å². The van der Waals surface area contributed by atoms with Crippen LogP contribution in [0.25, 0.3) is 0 Å². The minimum atomic E-state index is -0.214. The van der Waals surface area contributed by atoms with E-state index in [4.69, 9.17) is 14.2 Å². The Bertz CT molecular complexity index is 907. The number of carbonyl (C=O) groups is 1. The van der Waals surface area contributed by atoms with Crippen LogP contribution in [-0.2, 0) is 13.2 Å². The maximum absolute atomic E-state index is 12.5. The molecular weight excluding hydrogens is 356 g/mol. The second-order valence-corrected chi connectivity index (χ2v) is 6.06. The van der Waals surface area contributed by atoms with Gasteiger partial charge in [0.25, 0.3) is 5.91 Å². The number of hydrogen-bond acceptors (Lipinski definition) is 5. The summed E-state index contributed by atoms with van der Waals surface area (Å²) in [6.45, 7) is 0.734. The largest absolute Gasteiger partial charge is 0.497 e. The van der Waals surface area contributed by atoms with Crippen LogP contribution < -0.4 is 19.5 Å². The van der Waals surface area contributed by atoms with Crippen molar-refractivity contribution in [3.05, 3.63) is 83.6 Å². The first kappa shape index (κ1) is 19.2. The summed E-state index contributed by atoms with van der Waals surface area (Å²) in [7, 11) is 3.18. The molecule has 0 aliphatic heterocycles. The van der Waals surface area contributed by atoms with Crippen LogP contribution in [0.3, 0.4) is 0 Å². The molecule has 0 saturated heterocycles. The summed E-state index contributed by atoms with van der Waals surface area (Å²) in [6.07, 6.45) is 1.56. The van der Waals surface area contributed by atoms with E-state index in [1.165, 1.54) is 0 Å². The van der Waals surface area contributed by atoms with Crippen LogP contribution in [-0.4, -0.2) is 25.1 Å². The van der Waals surface area contributed by atoms with Crippen molar-refractivity contribution in [3.63, 3.8) is 0 Å². The highest BCUT2D eigenvalue weighted by Gasteiger charge is 2.09. The zero-order chi connectivity index (χ0) is 19.8. The Kier molecular flexibility index (Phi) is 6.46. The Morgan fingerprint density at radius 2 is 1.64 bits per heavy atom. The number of benzene rings is 2. The summed E-state index contributed by atoms with van der Waals surface area (Å²) in [6, 6.07) is 18.6. The van der Waals surface area contributed by atoms with Gasteiger partial charge in [-0.2, -0.15) is 0 Å². The van der Waals surface area contributed by atoms with E-state index in [-0.39, 0.29) is 5.91 Å². The van der Waals surface area contributed by atoms with Crippen molar-refractivity contribution in [1.29, 1.82) is 0 Å². The van der Waals surface area contributed by atoms with Crippen molar-refractivity contribution in [2.24, 2.45) is 0 Å². The average molecular weight is 378 g/mol. The van der Waals surface area contributed by atoms with Crippen molar-refractivity contribution < 1.29 is 19.0 Å². The lowest BCUT2D eigenvalue weighted by atomic mass is 10.2. The van der Waals surface area contributed by atoms with E-state index in [2.05, 4.69) is 10.3 Å². The van der Waals surface area contributed by atoms with Crippen LogP contribution in [0.4, 0.5) is 0 Å². The minimum Gasteiger partial charge on any atom is -0.497 e. The predicted molar refractivity (Wildman–Crippen MR) is 106 cm³/mol. The van der Waals surface area contributed by atoms with Crippen molar-refractivity contribution in [2.75, 3.05) is 14.2 Å². The van der Waals surface area contributed by atoms with Gasteiger partial charge in [-0.05, 0) is 29.3 Å². The Labute approximate surface area is 164 Å². The summed E-state index contributed by atoms with van der Waals surface area (Å²) in [5.74, 6) is 1.53. The van der Waals surface area contributed by atoms with Crippen LogP contribution in [0.15, 0.2) is 66.9 Å². The molecule has 1 N–H and O–H groups in total. The SMILES string of the molecule is COc1cc(CNC(=O)c2ccnc(OCc3ccccc3)c2)cc(OC)c1. The number of methoxy groups -OCH3 is 2. The second kappa shape index (κ2) is 9.41. The van der Waals surface area contributed by atoms with Crippen molar-refractivity contribution in [1.82, 2.24) is 10.3 Å². The molecule has 2 aromatic carbocycles. The molecule has 0 radical (unpaired) electrons. The molecule has 0 aliphatic rings. The van der Waals surface area contributed by atoms with E-state index < -0.39 is 0 Å². The molecule has 1 aromatic heterocycles. The van der Waals surface area contributed by atoms with Crippen molar-refractivity contribution in [3.8, 4) is 17.4 Å². The van der Waals surface area contributed by atoms with Gasteiger partial charge in [0, 0.05) is 30.4 Å². The average Bonchev–Trinajstić information content (AvgIpc) is 2.76. The van der Waals surface area contributed by atoms with E-state index >= 15 is 0 Å². The number of hydrogen-bond donors (Lipinski definition) is 1. The lowest BCUT2D eigenvalue weighted by molar-refractivity contribution is 0.0950. The summed E-state index contributed by atoms with van der Waals surface area (Å²) in [5.41, 5.74) is 2.39. The van der Waals surface area contributed by atoms with Crippen molar-refractivity contribution in [2.45, 2.75) is 13.2 Å². The molecule has 6 nitrogen and oxygen atoms in total. The van der Waals surface area contributed by atoms with Gasteiger partial charge < -0.3 is 19.5 Å². The summed E-state index contributed by atoms with van der Waals surface area (Å²) < 4.78 is 16.2. The van der Waals surface area contributed by atoms with Gasteiger partial charge in [0.05, 0.1) is 14.2 Å². The van der Waals surface area contributed by atoms with Gasteiger partial charge in [-0.15, -0.1) is 0 Å². The lowest BCUT2D eigenvalue weighted by Crippen LogP contribution is -2.23. The highest BCUT2D eigenvalue weighted by Crippen LogP contribution is 2.22. The molecule has 28 heavy (non-hydrogen) atoms. The first-order chi connectivity index (χ1) is 13.7. The fourth-order valence-corrected chi connectivity index (χ4v) is 2.61. The first-order valence-corrected chi connectivity index (χ1v) is 8.81. The van der Waals surface area contributed by atoms with Gasteiger partial charge >= 0.3 is 0 Å². The van der Waals surface area contributed by atoms with E-state index in [0.717, 1.165) is 11.1 Å².